The lowest BCUT2D eigenvalue weighted by molar-refractivity contribution is 0.590. The summed E-state index contributed by atoms with van der Waals surface area (Å²) in [7, 11) is -3.19. The summed E-state index contributed by atoms with van der Waals surface area (Å²) < 4.78 is 5.57. The maximum Gasteiger partial charge on any atom is 0.252 e. The van der Waals surface area contributed by atoms with Gasteiger partial charge in [-0.15, -0.1) is 0 Å². The summed E-state index contributed by atoms with van der Waals surface area (Å²) in [6.07, 6.45) is 0. The molecule has 4 aliphatic rings. The van der Waals surface area contributed by atoms with Gasteiger partial charge in [-0.05, 0) is 175 Å². The number of fused-ring (bicyclic) bond motifs is 14. The van der Waals surface area contributed by atoms with E-state index in [4.69, 9.17) is 0 Å². The zero-order chi connectivity index (χ0) is 58.4. The number of aromatic nitrogens is 2. The molecular weight excluding hydrogens is 1020 g/mol. The summed E-state index contributed by atoms with van der Waals surface area (Å²) >= 11 is 0. The molecule has 83 heavy (non-hydrogen) atoms. The smallest absolute Gasteiger partial charge is 0.252 e. The van der Waals surface area contributed by atoms with E-state index in [1.54, 1.807) is 15.6 Å². The first-order valence-electron chi connectivity index (χ1n) is 30.7. The molecule has 2 aromatic heterocycles. The highest BCUT2D eigenvalue weighted by atomic mass is 28.3. The van der Waals surface area contributed by atoms with Crippen LogP contribution in [0.4, 0.5) is 17.1 Å². The van der Waals surface area contributed by atoms with E-state index in [1.165, 1.54) is 127 Å². The third-order valence-electron chi connectivity index (χ3n) is 20.0. The van der Waals surface area contributed by atoms with E-state index in [-0.39, 0.29) is 39.2 Å². The molecular formula is C78H80BN3Si. The van der Waals surface area contributed by atoms with Gasteiger partial charge in [-0.2, -0.15) is 0 Å². The third kappa shape index (κ3) is 7.10. The van der Waals surface area contributed by atoms with E-state index in [0.29, 0.717) is 0 Å². The van der Waals surface area contributed by atoms with Crippen LogP contribution in [0.5, 0.6) is 0 Å². The molecule has 6 heterocycles. The van der Waals surface area contributed by atoms with Gasteiger partial charge in [0.25, 0.3) is 6.71 Å². The number of hydrogen-bond donors (Lipinski definition) is 0. The first-order chi connectivity index (χ1) is 39.0. The highest BCUT2D eigenvalue weighted by molar-refractivity contribution is 7.24. The summed E-state index contributed by atoms with van der Waals surface area (Å²) in [5.41, 5.74) is 26.6. The molecule has 0 fully saturated rings. The Morgan fingerprint density at radius 3 is 1.43 bits per heavy atom. The number of nitrogens with zero attached hydrogens (tertiary/aromatic N) is 3. The molecule has 414 valence electrons. The number of rotatable bonds is 3. The van der Waals surface area contributed by atoms with Crippen LogP contribution in [0.15, 0.2) is 158 Å². The van der Waals surface area contributed by atoms with Crippen molar-refractivity contribution in [1.82, 2.24) is 9.13 Å². The summed E-state index contributed by atoms with van der Waals surface area (Å²) in [5, 5.41) is 11.5. The largest absolute Gasteiger partial charge is 0.310 e. The number of anilines is 3. The molecule has 0 amide bonds. The van der Waals surface area contributed by atoms with Crippen LogP contribution >= 0.6 is 0 Å². The van der Waals surface area contributed by atoms with E-state index in [1.807, 2.05) is 0 Å². The Morgan fingerprint density at radius 1 is 0.361 bits per heavy atom. The van der Waals surface area contributed by atoms with Crippen molar-refractivity contribution in [3.63, 3.8) is 0 Å². The molecule has 0 atom stereocenters. The maximum absolute atomic E-state index is 3.19. The van der Waals surface area contributed by atoms with Crippen molar-refractivity contribution in [3.8, 4) is 22.5 Å². The molecule has 15 rings (SSSR count). The van der Waals surface area contributed by atoms with Crippen molar-refractivity contribution in [3.05, 3.63) is 191 Å². The van der Waals surface area contributed by atoms with Crippen LogP contribution in [0.2, 0.25) is 0 Å². The molecule has 5 heteroatoms. The van der Waals surface area contributed by atoms with Crippen molar-refractivity contribution in [2.75, 3.05) is 4.90 Å². The lowest BCUT2D eigenvalue weighted by atomic mass is 9.34. The Kier molecular flexibility index (Phi) is 10.4. The first kappa shape index (κ1) is 52.5. The summed E-state index contributed by atoms with van der Waals surface area (Å²) in [6, 6.07) is 64.2. The number of para-hydroxylation sites is 1. The second kappa shape index (κ2) is 16.5. The van der Waals surface area contributed by atoms with Gasteiger partial charge in [0.2, 0.25) is 0 Å². The Balaban J connectivity index is 1.16. The van der Waals surface area contributed by atoms with Crippen molar-refractivity contribution in [2.24, 2.45) is 0 Å². The molecule has 0 N–H and O–H groups in total. The van der Waals surface area contributed by atoms with Crippen molar-refractivity contribution < 1.29 is 0 Å². The first-order valence-corrected chi connectivity index (χ1v) is 32.7. The lowest BCUT2D eigenvalue weighted by Crippen LogP contribution is -2.77. The van der Waals surface area contributed by atoms with Gasteiger partial charge in [0.1, 0.15) is 0 Å². The molecule has 0 bridgehead atoms. The molecule has 1 spiro atoms. The summed E-state index contributed by atoms with van der Waals surface area (Å²) in [5.74, 6) is 0. The summed E-state index contributed by atoms with van der Waals surface area (Å²) in [6.45, 7) is 43.0. The molecule has 0 aliphatic carbocycles. The second-order valence-electron chi connectivity index (χ2n) is 31.5. The quantitative estimate of drug-likeness (QED) is 0.161. The van der Waals surface area contributed by atoms with Gasteiger partial charge < -0.3 is 14.0 Å². The fourth-order valence-electron chi connectivity index (χ4n) is 15.4. The van der Waals surface area contributed by atoms with E-state index in [9.17, 15) is 0 Å². The van der Waals surface area contributed by atoms with E-state index in [2.05, 4.69) is 296 Å². The number of benzene rings is 9. The second-order valence-corrected chi connectivity index (χ2v) is 35.2. The molecule has 0 saturated heterocycles. The SMILES string of the molecule is CC(C)(C)c1ccc(N(c2ccccc2)c2ccc3c4c2c2cc(C(C)(C)C)ccc2n4-c2ccc4c5c2B3c2cc(C(C)(C)C)cc3c6cc(C(C)(C)C)cc(c6n-5c23)[Si]42c3cc(C(C)(C)C)ccc3-c3ccc(C(C)(C)C)cc32)cc1. The zero-order valence-corrected chi connectivity index (χ0v) is 53.4. The van der Waals surface area contributed by atoms with E-state index in [0.717, 1.165) is 11.4 Å². The predicted octanol–water partition coefficient (Wildman–Crippen LogP) is 15.9. The van der Waals surface area contributed by atoms with Gasteiger partial charge in [-0.1, -0.05) is 222 Å². The van der Waals surface area contributed by atoms with Crippen LogP contribution in [0.1, 0.15) is 158 Å². The monoisotopic (exact) mass is 1100 g/mol. The Labute approximate surface area is 494 Å². The van der Waals surface area contributed by atoms with Gasteiger partial charge in [0.05, 0.1) is 22.2 Å². The predicted molar refractivity (Wildman–Crippen MR) is 363 cm³/mol. The minimum absolute atomic E-state index is 0.0284. The number of hydrogen-bond acceptors (Lipinski definition) is 1. The van der Waals surface area contributed by atoms with Crippen LogP contribution in [-0.2, 0) is 32.5 Å². The minimum atomic E-state index is -3.19. The lowest BCUT2D eigenvalue weighted by Gasteiger charge is -2.43. The van der Waals surface area contributed by atoms with Crippen LogP contribution < -0.4 is 42.0 Å². The van der Waals surface area contributed by atoms with Gasteiger partial charge in [-0.25, -0.2) is 0 Å². The standard InChI is InChI=1S/C78H80BN3Si/c1-73(2,3)45-24-29-52(30-25-45)80(51-22-20-19-21-23-51)61-35-33-58-71-67(61)57-38-46(74(4,5)6)28-34-60(57)81(71)62-36-37-63-72-68(62)79(58)59-41-49(77(13,14)15)39-55-56-40-50(78(16,17)18)44-66(70(56)82(72)69(55)59)83(63)64-42-47(75(7,8)9)26-31-53(64)54-32-27-48(43-65(54)83)76(10,11)12/h19-44H,1-18H3. The van der Waals surface area contributed by atoms with Crippen LogP contribution in [0.3, 0.4) is 0 Å². The molecule has 0 unspecified atom stereocenters. The van der Waals surface area contributed by atoms with E-state index >= 15 is 0 Å². The molecule has 3 nitrogen and oxygen atoms in total. The fraction of sp³-hybridized carbons (Fsp3) is 0.308. The molecule has 0 radical (unpaired) electrons. The van der Waals surface area contributed by atoms with Crippen LogP contribution in [0.25, 0.3) is 66.1 Å². The topological polar surface area (TPSA) is 13.1 Å². The van der Waals surface area contributed by atoms with E-state index < -0.39 is 8.07 Å². The van der Waals surface area contributed by atoms with Crippen molar-refractivity contribution in [1.29, 1.82) is 0 Å². The van der Waals surface area contributed by atoms with Crippen LogP contribution in [0, 0.1) is 0 Å². The average molecular weight is 1100 g/mol. The van der Waals surface area contributed by atoms with Gasteiger partial charge in [0.15, 0.2) is 8.07 Å². The normalized spacial score (nSPS) is 14.9. The molecule has 0 saturated carbocycles. The van der Waals surface area contributed by atoms with Gasteiger partial charge >= 0.3 is 0 Å². The molecule has 9 aromatic carbocycles. The molecule has 4 aliphatic heterocycles. The highest BCUT2D eigenvalue weighted by Crippen LogP contribution is 2.49. The molecule has 11 aromatic rings. The summed E-state index contributed by atoms with van der Waals surface area (Å²) in [4.78, 5) is 2.54. The minimum Gasteiger partial charge on any atom is -0.310 e. The Morgan fingerprint density at radius 2 is 0.855 bits per heavy atom. The fourth-order valence-corrected chi connectivity index (χ4v) is 21.0. The Bertz CT molecular complexity index is 4590. The van der Waals surface area contributed by atoms with Gasteiger partial charge in [0, 0.05) is 49.8 Å². The van der Waals surface area contributed by atoms with Crippen molar-refractivity contribution >= 4 is 113 Å². The maximum atomic E-state index is 2.84. The van der Waals surface area contributed by atoms with Gasteiger partial charge in [-0.3, -0.25) is 0 Å². The zero-order valence-electron chi connectivity index (χ0n) is 52.4. The highest BCUT2D eigenvalue weighted by Gasteiger charge is 2.57. The average Bonchev–Trinajstić information content (AvgIpc) is 1.90. The van der Waals surface area contributed by atoms with Crippen molar-refractivity contribution in [2.45, 2.75) is 157 Å². The Hall–Kier alpha value is -7.34. The third-order valence-corrected chi connectivity index (χ3v) is 24.8. The van der Waals surface area contributed by atoms with Crippen LogP contribution in [-0.4, -0.2) is 23.9 Å².